The molecule has 0 N–H and O–H groups in total. The molecule has 0 amide bonds. The molecule has 0 aliphatic carbocycles. The Kier molecular flexibility index (Phi) is 33.7. The van der Waals surface area contributed by atoms with Gasteiger partial charge in [-0.2, -0.15) is 8.75 Å². The highest BCUT2D eigenvalue weighted by Crippen LogP contribution is 2.48. The number of rotatable bonds is 52. The molecule has 0 aliphatic heterocycles. The summed E-state index contributed by atoms with van der Waals surface area (Å²) < 4.78 is 29.1. The van der Waals surface area contributed by atoms with Gasteiger partial charge in [0.05, 0.1) is 62.3 Å². The Morgan fingerprint density at radius 3 is 1.16 bits per heavy atom. The minimum absolute atomic E-state index is 0.575. The molecule has 5 aromatic heterocycles. The summed E-state index contributed by atoms with van der Waals surface area (Å²) in [6.45, 7) is 18.6. The lowest BCUT2D eigenvalue weighted by Gasteiger charge is -2.19. The predicted octanol–water partition coefficient (Wildman–Crippen LogP) is 28.0. The number of nitrogens with zero attached hydrogens (tertiary/aromatic N) is 5. The van der Waals surface area contributed by atoms with E-state index in [1.165, 1.54) is 312 Å². The van der Waals surface area contributed by atoms with Gasteiger partial charge < -0.3 is 14.0 Å². The fraction of sp³-hybridized carbons (Fsp3) is 0.659. The van der Waals surface area contributed by atoms with E-state index in [4.69, 9.17) is 28.2 Å². The molecule has 7 nitrogen and oxygen atoms in total. The van der Waals surface area contributed by atoms with Crippen LogP contribution in [0.15, 0.2) is 60.7 Å². The van der Waals surface area contributed by atoms with Gasteiger partial charge in [0.1, 0.15) is 28.0 Å². The van der Waals surface area contributed by atoms with Gasteiger partial charge in [-0.05, 0) is 118 Å². The third-order valence-electron chi connectivity index (χ3n) is 20.0. The molecule has 10 heteroatoms. The van der Waals surface area contributed by atoms with Crippen LogP contribution >= 0.6 is 34.4 Å². The van der Waals surface area contributed by atoms with Crippen LogP contribution < -0.4 is 9.47 Å². The highest BCUT2D eigenvalue weighted by molar-refractivity contribution is 7.29. The zero-order valence-electron chi connectivity index (χ0n) is 59.0. The van der Waals surface area contributed by atoms with Crippen LogP contribution in [-0.2, 0) is 6.54 Å². The molecule has 0 saturated heterocycles. The van der Waals surface area contributed by atoms with Gasteiger partial charge in [0.2, 0.25) is 0 Å². The van der Waals surface area contributed by atoms with Crippen molar-refractivity contribution in [3.63, 3.8) is 0 Å². The van der Waals surface area contributed by atoms with Gasteiger partial charge in [0.25, 0.3) is 0 Å². The van der Waals surface area contributed by atoms with Crippen molar-refractivity contribution < 1.29 is 9.47 Å². The van der Waals surface area contributed by atoms with E-state index in [9.17, 15) is 0 Å². The first-order valence-electron chi connectivity index (χ1n) is 38.3. The topological polar surface area (TPSA) is 75.0 Å². The zero-order valence-corrected chi connectivity index (χ0v) is 61.5. The average molecular weight is 1310 g/mol. The van der Waals surface area contributed by atoms with E-state index in [-0.39, 0.29) is 0 Å². The minimum Gasteiger partial charge on any atom is -0.493 e. The number of hydrogen-bond donors (Lipinski definition) is 0. The molecule has 8 aromatic rings. The van der Waals surface area contributed by atoms with Crippen molar-refractivity contribution >= 4 is 76.9 Å². The summed E-state index contributed by atoms with van der Waals surface area (Å²) >= 11 is 5.13. The van der Waals surface area contributed by atoms with Crippen molar-refractivity contribution in [2.24, 2.45) is 11.8 Å². The Hall–Kier alpha value is -4.38. The van der Waals surface area contributed by atoms with Crippen LogP contribution in [0.25, 0.3) is 75.5 Å². The summed E-state index contributed by atoms with van der Waals surface area (Å²) in [4.78, 5) is 14.2. The van der Waals surface area contributed by atoms with E-state index < -0.39 is 0 Å². The summed E-state index contributed by atoms with van der Waals surface area (Å²) in [6, 6.07) is 22.5. The molecule has 5 heterocycles. The van der Waals surface area contributed by atoms with Crippen LogP contribution in [0.5, 0.6) is 11.5 Å². The van der Waals surface area contributed by atoms with Gasteiger partial charge in [0.15, 0.2) is 0 Å². The number of benzene rings is 3. The second-order valence-corrected chi connectivity index (χ2v) is 30.7. The van der Waals surface area contributed by atoms with Crippen molar-refractivity contribution in [2.45, 2.75) is 325 Å². The lowest BCUT2D eigenvalue weighted by molar-refractivity contribution is 0.224. The molecular weight excluding hydrogens is 1180 g/mol. The molecule has 0 fully saturated rings. The van der Waals surface area contributed by atoms with Gasteiger partial charge >= 0.3 is 0 Å². The van der Waals surface area contributed by atoms with Crippen molar-refractivity contribution in [1.29, 1.82) is 0 Å². The van der Waals surface area contributed by atoms with Gasteiger partial charge in [-0.3, -0.25) is 0 Å². The first-order chi connectivity index (χ1) is 45.3. The highest BCUT2D eigenvalue weighted by atomic mass is 32.1. The number of aryl methyl sites for hydroxylation is 3. The molecular formula is C82H123N5O2S3. The van der Waals surface area contributed by atoms with Crippen LogP contribution in [0.4, 0.5) is 0 Å². The van der Waals surface area contributed by atoms with Gasteiger partial charge in [-0.25, -0.2) is 9.97 Å². The van der Waals surface area contributed by atoms with E-state index in [0.717, 1.165) is 87.0 Å². The number of hydrogen-bond acceptors (Lipinski definition) is 9. The number of thiophene rings is 2. The Morgan fingerprint density at radius 2 is 0.739 bits per heavy atom. The molecule has 2 unspecified atom stereocenters. The third kappa shape index (κ3) is 22.9. The fourth-order valence-electron chi connectivity index (χ4n) is 14.2. The highest BCUT2D eigenvalue weighted by Gasteiger charge is 2.26. The molecule has 0 bridgehead atoms. The van der Waals surface area contributed by atoms with Crippen LogP contribution in [-0.4, -0.2) is 36.5 Å². The lowest BCUT2D eigenvalue weighted by atomic mass is 9.94. The van der Waals surface area contributed by atoms with E-state index in [0.29, 0.717) is 11.8 Å². The summed E-state index contributed by atoms with van der Waals surface area (Å²) in [5, 5.41) is 0. The molecule has 0 spiro atoms. The Morgan fingerprint density at radius 1 is 0.380 bits per heavy atom. The fourth-order valence-corrected chi connectivity index (χ4v) is 17.2. The third-order valence-corrected chi connectivity index (χ3v) is 22.9. The monoisotopic (exact) mass is 1310 g/mol. The van der Waals surface area contributed by atoms with E-state index in [1.807, 2.05) is 22.7 Å². The number of ether oxygens (including phenoxy) is 2. The molecule has 2 atom stereocenters. The van der Waals surface area contributed by atoms with Crippen LogP contribution in [0.1, 0.15) is 315 Å². The SMILES string of the molecule is CCCCCCCCCCCCn1c2cc(C)sc2c2sc(-c3c4nsnc4c(C)c4nc(-c5ccc(OCC(CCCCCCCC)CCCCCCCCCC)cc5)c(-c5ccc(OCC(CCCCCCCC)CCCCCCCCCC)cc5)nc34)cc21. The molecule has 8 rings (SSSR count). The summed E-state index contributed by atoms with van der Waals surface area (Å²) in [5.74, 6) is 3.01. The average Bonchev–Trinajstić information content (AvgIpc) is 1.47. The van der Waals surface area contributed by atoms with Gasteiger partial charge in [0, 0.05) is 38.6 Å². The second-order valence-electron chi connectivity index (χ2n) is 27.9. The smallest absolute Gasteiger partial charge is 0.119 e. The van der Waals surface area contributed by atoms with Crippen LogP contribution in [0.3, 0.4) is 0 Å². The van der Waals surface area contributed by atoms with E-state index in [2.05, 4.69) is 114 Å². The van der Waals surface area contributed by atoms with Crippen molar-refractivity contribution in [1.82, 2.24) is 23.3 Å². The maximum Gasteiger partial charge on any atom is 0.119 e. The van der Waals surface area contributed by atoms with Gasteiger partial charge in [-0.15, -0.1) is 22.7 Å². The van der Waals surface area contributed by atoms with Gasteiger partial charge in [-0.1, -0.05) is 272 Å². The number of aromatic nitrogens is 5. The van der Waals surface area contributed by atoms with Crippen LogP contribution in [0.2, 0.25) is 0 Å². The van der Waals surface area contributed by atoms with E-state index in [1.54, 1.807) is 0 Å². The number of unbranched alkanes of at least 4 members (excludes halogenated alkanes) is 33. The van der Waals surface area contributed by atoms with Crippen molar-refractivity contribution in [2.75, 3.05) is 13.2 Å². The maximum atomic E-state index is 6.80. The van der Waals surface area contributed by atoms with E-state index >= 15 is 0 Å². The normalized spacial score (nSPS) is 12.6. The molecule has 0 radical (unpaired) electrons. The molecule has 506 valence electrons. The van der Waals surface area contributed by atoms with Crippen molar-refractivity contribution in [3.8, 4) is 44.5 Å². The quantitative estimate of drug-likeness (QED) is 0.0354. The zero-order chi connectivity index (χ0) is 64.4. The standard InChI is InChI=1S/C82H123N5O2S3/c1-8-13-18-23-28-31-32-35-40-45-58-87-71-59-63(6)90-81(71)82-72(87)60-73(91-82)74-79-75(64(7)76-80(74)86-92-85-76)83-77(67-50-54-69(55-51-67)88-61-65(46-41-36-26-21-16-11-4)48-43-38-33-29-24-19-14-9-2)78(84-79)68-52-56-70(57-53-68)89-62-66(47-42-37-27-22-17-12-5)49-44-39-34-30-25-20-15-10-3/h50-57,59-60,65-66H,8-49,58,61-62H2,1-7H3. The maximum absolute atomic E-state index is 6.80. The first kappa shape index (κ1) is 73.4. The number of fused-ring (bicyclic) bond motifs is 5. The largest absolute Gasteiger partial charge is 0.493 e. The molecule has 0 aliphatic rings. The summed E-state index contributed by atoms with van der Waals surface area (Å²) in [7, 11) is 0. The molecule has 0 saturated carbocycles. The lowest BCUT2D eigenvalue weighted by Crippen LogP contribution is -2.12. The molecule has 92 heavy (non-hydrogen) atoms. The van der Waals surface area contributed by atoms with Crippen molar-refractivity contribution in [3.05, 3.63) is 71.1 Å². The minimum atomic E-state index is 0.575. The predicted molar refractivity (Wildman–Crippen MR) is 405 cm³/mol. The Balaban J connectivity index is 1.08. The summed E-state index contributed by atoms with van der Waals surface area (Å²) in [6.07, 6.45) is 56.1. The van der Waals surface area contributed by atoms with Crippen LogP contribution in [0, 0.1) is 25.7 Å². The first-order valence-corrected chi connectivity index (χ1v) is 40.7. The second kappa shape index (κ2) is 42.2. The summed E-state index contributed by atoms with van der Waals surface area (Å²) in [5.41, 5.74) is 12.2. The Labute approximate surface area is 571 Å². The molecule has 3 aromatic carbocycles. The Bertz CT molecular complexity index is 3280.